The largest absolute Gasteiger partial charge is 0.493 e. The van der Waals surface area contributed by atoms with Crippen molar-refractivity contribution in [2.45, 2.75) is 17.9 Å². The lowest BCUT2D eigenvalue weighted by Crippen LogP contribution is -2.37. The zero-order valence-electron chi connectivity index (χ0n) is 14.2. The second kappa shape index (κ2) is 7.18. The lowest BCUT2D eigenvalue weighted by atomic mass is 10.2. The summed E-state index contributed by atoms with van der Waals surface area (Å²) in [7, 11) is -3.62. The minimum atomic E-state index is -3.62. The van der Waals surface area contributed by atoms with Crippen molar-refractivity contribution in [3.05, 3.63) is 41.7 Å². The van der Waals surface area contributed by atoms with Crippen molar-refractivity contribution in [1.82, 2.24) is 14.7 Å². The Hall–Kier alpha value is -2.23. The number of nitrogens with one attached hydrogen (secondary N) is 1. The highest BCUT2D eigenvalue weighted by Gasteiger charge is 2.20. The quantitative estimate of drug-likeness (QED) is 0.822. The average Bonchev–Trinajstić information content (AvgIpc) is 3.15. The summed E-state index contributed by atoms with van der Waals surface area (Å²) >= 11 is 0. The van der Waals surface area contributed by atoms with Gasteiger partial charge in [0.05, 0.1) is 37.0 Å². The first-order chi connectivity index (χ1) is 12.6. The number of nitrogens with zero attached hydrogens (tertiary/aromatic N) is 3. The van der Waals surface area contributed by atoms with Crippen molar-refractivity contribution >= 4 is 16.0 Å². The molecule has 1 N–H and O–H groups in total. The molecule has 0 bridgehead atoms. The highest BCUT2D eigenvalue weighted by molar-refractivity contribution is 7.89. The van der Waals surface area contributed by atoms with E-state index in [2.05, 4.69) is 14.7 Å². The molecule has 1 fully saturated rings. The van der Waals surface area contributed by atoms with Crippen LogP contribution in [0.25, 0.3) is 0 Å². The van der Waals surface area contributed by atoms with Gasteiger partial charge in [0.2, 0.25) is 16.0 Å². The summed E-state index contributed by atoms with van der Waals surface area (Å²) in [5.41, 5.74) is 1.54. The van der Waals surface area contributed by atoms with Crippen LogP contribution in [-0.2, 0) is 27.7 Å². The van der Waals surface area contributed by atoms with E-state index >= 15 is 0 Å². The summed E-state index contributed by atoms with van der Waals surface area (Å²) in [6.07, 6.45) is 2.38. The van der Waals surface area contributed by atoms with Crippen molar-refractivity contribution in [1.29, 1.82) is 0 Å². The summed E-state index contributed by atoms with van der Waals surface area (Å²) in [4.78, 5) is 11.0. The van der Waals surface area contributed by atoms with Gasteiger partial charge >= 0.3 is 0 Å². The molecule has 8 nitrogen and oxygen atoms in total. The standard InChI is InChI=1S/C17H20N4O4S/c22-26(23,15-1-2-16-13(11-15)4-8-25-16)19-12-14-3-5-18-17(20-14)21-6-9-24-10-7-21/h1-3,5,11,19H,4,6-10,12H2. The number of sulfonamides is 1. The van der Waals surface area contributed by atoms with Crippen LogP contribution >= 0.6 is 0 Å². The van der Waals surface area contributed by atoms with Gasteiger partial charge < -0.3 is 14.4 Å². The second-order valence-electron chi connectivity index (χ2n) is 6.14. The second-order valence-corrected chi connectivity index (χ2v) is 7.91. The summed E-state index contributed by atoms with van der Waals surface area (Å²) in [6, 6.07) is 6.65. The fourth-order valence-corrected chi connectivity index (χ4v) is 4.03. The van der Waals surface area contributed by atoms with Crippen molar-refractivity contribution < 1.29 is 17.9 Å². The van der Waals surface area contributed by atoms with Crippen LogP contribution in [0.5, 0.6) is 5.75 Å². The smallest absolute Gasteiger partial charge is 0.240 e. The van der Waals surface area contributed by atoms with E-state index in [4.69, 9.17) is 9.47 Å². The van der Waals surface area contributed by atoms with E-state index in [1.807, 2.05) is 4.90 Å². The maximum Gasteiger partial charge on any atom is 0.240 e. The van der Waals surface area contributed by atoms with E-state index in [1.165, 1.54) is 0 Å². The first-order valence-electron chi connectivity index (χ1n) is 8.52. The van der Waals surface area contributed by atoms with E-state index in [0.717, 1.165) is 30.8 Å². The molecule has 0 radical (unpaired) electrons. The third-order valence-electron chi connectivity index (χ3n) is 4.41. The summed E-state index contributed by atoms with van der Waals surface area (Å²) in [5, 5.41) is 0. The van der Waals surface area contributed by atoms with E-state index < -0.39 is 10.0 Å². The van der Waals surface area contributed by atoms with E-state index in [1.54, 1.807) is 30.5 Å². The molecule has 26 heavy (non-hydrogen) atoms. The molecule has 4 rings (SSSR count). The van der Waals surface area contributed by atoms with E-state index in [0.29, 0.717) is 31.5 Å². The fourth-order valence-electron chi connectivity index (χ4n) is 2.98. The van der Waals surface area contributed by atoms with Crippen LogP contribution in [0.2, 0.25) is 0 Å². The van der Waals surface area contributed by atoms with E-state index in [-0.39, 0.29) is 11.4 Å². The highest BCUT2D eigenvalue weighted by atomic mass is 32.2. The van der Waals surface area contributed by atoms with E-state index in [9.17, 15) is 8.42 Å². The number of morpholine rings is 1. The third kappa shape index (κ3) is 3.64. The van der Waals surface area contributed by atoms with Crippen LogP contribution < -0.4 is 14.4 Å². The topological polar surface area (TPSA) is 93.7 Å². The number of anilines is 1. The fraction of sp³-hybridized carbons (Fsp3) is 0.412. The number of ether oxygens (including phenoxy) is 2. The van der Waals surface area contributed by atoms with Gasteiger partial charge in [0.25, 0.3) is 0 Å². The van der Waals surface area contributed by atoms with Gasteiger partial charge in [0.15, 0.2) is 0 Å². The molecule has 2 aliphatic heterocycles. The highest BCUT2D eigenvalue weighted by Crippen LogP contribution is 2.27. The molecule has 1 aromatic heterocycles. The molecule has 0 unspecified atom stereocenters. The molecule has 9 heteroatoms. The van der Waals surface area contributed by atoms with Crippen LogP contribution in [0.4, 0.5) is 5.95 Å². The monoisotopic (exact) mass is 376 g/mol. The first kappa shape index (κ1) is 17.2. The maximum atomic E-state index is 12.6. The van der Waals surface area contributed by atoms with Crippen molar-refractivity contribution in [2.75, 3.05) is 37.8 Å². The SMILES string of the molecule is O=S(=O)(NCc1ccnc(N2CCOCC2)n1)c1ccc2c(c1)CCO2. The van der Waals surface area contributed by atoms with Gasteiger partial charge in [0, 0.05) is 25.7 Å². The van der Waals surface area contributed by atoms with Gasteiger partial charge in [0.1, 0.15) is 5.75 Å². The Morgan fingerprint density at radius 1 is 1.15 bits per heavy atom. The molecule has 2 aliphatic rings. The number of fused-ring (bicyclic) bond motifs is 1. The summed E-state index contributed by atoms with van der Waals surface area (Å²) < 4.78 is 38.5. The summed E-state index contributed by atoms with van der Waals surface area (Å²) in [5.74, 6) is 1.36. The molecule has 3 heterocycles. The molecule has 0 saturated carbocycles. The van der Waals surface area contributed by atoms with Crippen LogP contribution in [0.1, 0.15) is 11.3 Å². The average molecular weight is 376 g/mol. The van der Waals surface area contributed by atoms with Crippen LogP contribution in [0.3, 0.4) is 0 Å². The van der Waals surface area contributed by atoms with Crippen LogP contribution in [0.15, 0.2) is 35.4 Å². The number of aromatic nitrogens is 2. The van der Waals surface area contributed by atoms with Crippen molar-refractivity contribution in [3.8, 4) is 5.75 Å². The zero-order valence-corrected chi connectivity index (χ0v) is 15.0. The van der Waals surface area contributed by atoms with Crippen LogP contribution in [-0.4, -0.2) is 51.3 Å². The van der Waals surface area contributed by atoms with Crippen LogP contribution in [0, 0.1) is 0 Å². The zero-order chi connectivity index (χ0) is 18.0. The molecular formula is C17H20N4O4S. The Labute approximate surface area is 152 Å². The Kier molecular flexibility index (Phi) is 4.75. The third-order valence-corrected chi connectivity index (χ3v) is 5.81. The predicted octanol–water partition coefficient (Wildman–Crippen LogP) is 0.727. The molecule has 1 aromatic carbocycles. The number of benzene rings is 1. The van der Waals surface area contributed by atoms with Crippen molar-refractivity contribution in [3.63, 3.8) is 0 Å². The minimum Gasteiger partial charge on any atom is -0.493 e. The Balaban J connectivity index is 1.46. The number of rotatable bonds is 5. The molecule has 0 atom stereocenters. The van der Waals surface area contributed by atoms with Gasteiger partial charge in [-0.05, 0) is 29.8 Å². The number of hydrogen-bond donors (Lipinski definition) is 1. The number of hydrogen-bond acceptors (Lipinski definition) is 7. The van der Waals surface area contributed by atoms with Crippen molar-refractivity contribution in [2.24, 2.45) is 0 Å². The molecule has 0 aliphatic carbocycles. The Bertz CT molecular complexity index is 897. The molecule has 1 saturated heterocycles. The maximum absolute atomic E-state index is 12.6. The molecule has 2 aromatic rings. The van der Waals surface area contributed by atoms with Gasteiger partial charge in [-0.3, -0.25) is 0 Å². The van der Waals surface area contributed by atoms with Gasteiger partial charge in [-0.25, -0.2) is 23.1 Å². The lowest BCUT2D eigenvalue weighted by Gasteiger charge is -2.26. The van der Waals surface area contributed by atoms with Gasteiger partial charge in [-0.1, -0.05) is 0 Å². The Morgan fingerprint density at radius 2 is 2.00 bits per heavy atom. The normalized spacial score (nSPS) is 17.0. The minimum absolute atomic E-state index is 0.107. The summed E-state index contributed by atoms with van der Waals surface area (Å²) in [6.45, 7) is 3.44. The molecule has 0 amide bonds. The Morgan fingerprint density at radius 3 is 2.85 bits per heavy atom. The first-order valence-corrected chi connectivity index (χ1v) is 10.0. The lowest BCUT2D eigenvalue weighted by molar-refractivity contribution is 0.122. The molecular weight excluding hydrogens is 356 g/mol. The molecule has 0 spiro atoms. The van der Waals surface area contributed by atoms with Gasteiger partial charge in [-0.2, -0.15) is 0 Å². The predicted molar refractivity (Wildman–Crippen MR) is 94.7 cm³/mol. The van der Waals surface area contributed by atoms with Gasteiger partial charge in [-0.15, -0.1) is 0 Å². The molecule has 138 valence electrons.